The van der Waals surface area contributed by atoms with Gasteiger partial charge in [-0.3, -0.25) is 4.79 Å². The first-order valence-corrected chi connectivity index (χ1v) is 3.67. The Morgan fingerprint density at radius 2 is 2.31 bits per heavy atom. The number of hydrogen-bond acceptors (Lipinski definition) is 3. The van der Waals surface area contributed by atoms with Crippen molar-refractivity contribution in [2.75, 3.05) is 7.11 Å². The zero-order chi connectivity index (χ0) is 9.68. The monoisotopic (exact) mass is 179 g/mol. The third-order valence-electron chi connectivity index (χ3n) is 1.42. The van der Waals surface area contributed by atoms with E-state index in [1.165, 1.54) is 25.4 Å². The highest BCUT2D eigenvalue weighted by Gasteiger charge is 1.91. The topological polar surface area (TPSA) is 59.2 Å². The second-order valence-corrected chi connectivity index (χ2v) is 2.34. The van der Waals surface area contributed by atoms with E-state index < -0.39 is 5.97 Å². The van der Waals surface area contributed by atoms with Crippen LogP contribution in [0, 0.1) is 0 Å². The molecule has 4 heteroatoms. The minimum Gasteiger partial charge on any atom is -0.466 e. The van der Waals surface area contributed by atoms with Crippen molar-refractivity contribution in [1.29, 1.82) is 0 Å². The van der Waals surface area contributed by atoms with E-state index in [1.54, 1.807) is 12.1 Å². The summed E-state index contributed by atoms with van der Waals surface area (Å²) in [7, 11) is 1.31. The van der Waals surface area contributed by atoms with Crippen molar-refractivity contribution >= 4 is 12.0 Å². The molecule has 1 N–H and O–H groups in total. The van der Waals surface area contributed by atoms with E-state index in [0.717, 1.165) is 5.56 Å². The van der Waals surface area contributed by atoms with Crippen LogP contribution in [0.25, 0.3) is 6.08 Å². The second kappa shape index (κ2) is 4.25. The van der Waals surface area contributed by atoms with Crippen LogP contribution < -0.4 is 5.56 Å². The lowest BCUT2D eigenvalue weighted by Gasteiger charge is -1.91. The molecular weight excluding hydrogens is 170 g/mol. The number of aromatic amines is 1. The molecule has 1 aromatic rings. The van der Waals surface area contributed by atoms with Gasteiger partial charge in [0, 0.05) is 18.3 Å². The first-order chi connectivity index (χ1) is 6.22. The number of ether oxygens (including phenoxy) is 1. The molecule has 4 nitrogen and oxygen atoms in total. The summed E-state index contributed by atoms with van der Waals surface area (Å²) in [5.74, 6) is -0.425. The Labute approximate surface area is 74.9 Å². The molecule has 0 aliphatic carbocycles. The van der Waals surface area contributed by atoms with Crippen LogP contribution in [0.4, 0.5) is 0 Å². The van der Waals surface area contributed by atoms with E-state index >= 15 is 0 Å². The summed E-state index contributed by atoms with van der Waals surface area (Å²) in [5, 5.41) is 0. The van der Waals surface area contributed by atoms with Crippen molar-refractivity contribution in [3.63, 3.8) is 0 Å². The van der Waals surface area contributed by atoms with E-state index in [-0.39, 0.29) is 5.56 Å². The number of carbonyl (C=O) groups is 1. The van der Waals surface area contributed by atoms with E-state index in [1.807, 2.05) is 0 Å². The molecule has 0 bridgehead atoms. The molecule has 0 fully saturated rings. The average Bonchev–Trinajstić information content (AvgIpc) is 2.16. The Bertz CT molecular complexity index is 358. The maximum Gasteiger partial charge on any atom is 0.330 e. The SMILES string of the molecule is COC(=O)C=Cc1ccc(=O)[nH]c1. The van der Waals surface area contributed by atoms with Crippen LogP contribution in [-0.2, 0) is 9.53 Å². The predicted octanol–water partition coefficient (Wildman–Crippen LogP) is 0.561. The summed E-state index contributed by atoms with van der Waals surface area (Å²) < 4.78 is 4.40. The van der Waals surface area contributed by atoms with Gasteiger partial charge in [0.05, 0.1) is 7.11 Å². The van der Waals surface area contributed by atoms with Gasteiger partial charge in [0.1, 0.15) is 0 Å². The fourth-order valence-corrected chi connectivity index (χ4v) is 0.759. The van der Waals surface area contributed by atoms with Crippen LogP contribution in [0.2, 0.25) is 0 Å². The standard InChI is InChI=1S/C9H9NO3/c1-13-9(12)5-3-7-2-4-8(11)10-6-7/h2-6H,1H3,(H,10,11). The number of rotatable bonds is 2. The molecule has 0 aliphatic rings. The third kappa shape index (κ3) is 2.94. The number of H-pyrrole nitrogens is 1. The van der Waals surface area contributed by atoms with E-state index in [0.29, 0.717) is 0 Å². The zero-order valence-corrected chi connectivity index (χ0v) is 7.11. The van der Waals surface area contributed by atoms with Gasteiger partial charge in [0.2, 0.25) is 5.56 Å². The molecule has 1 rings (SSSR count). The number of carbonyl (C=O) groups excluding carboxylic acids is 1. The number of esters is 1. The molecule has 1 aromatic heterocycles. The van der Waals surface area contributed by atoms with Gasteiger partial charge < -0.3 is 9.72 Å². The first kappa shape index (κ1) is 9.25. The summed E-state index contributed by atoms with van der Waals surface area (Å²) in [5.41, 5.74) is 0.570. The summed E-state index contributed by atoms with van der Waals surface area (Å²) in [6.45, 7) is 0. The Morgan fingerprint density at radius 1 is 1.54 bits per heavy atom. The molecule has 0 amide bonds. The molecule has 0 unspecified atom stereocenters. The van der Waals surface area contributed by atoms with Crippen molar-refractivity contribution in [1.82, 2.24) is 4.98 Å². The number of hydrogen-bond donors (Lipinski definition) is 1. The molecule has 0 aromatic carbocycles. The van der Waals surface area contributed by atoms with Crippen molar-refractivity contribution in [2.45, 2.75) is 0 Å². The zero-order valence-electron chi connectivity index (χ0n) is 7.11. The lowest BCUT2D eigenvalue weighted by molar-refractivity contribution is -0.134. The number of methoxy groups -OCH3 is 1. The Morgan fingerprint density at radius 3 is 2.85 bits per heavy atom. The smallest absolute Gasteiger partial charge is 0.330 e. The van der Waals surface area contributed by atoms with Crippen molar-refractivity contribution in [3.05, 3.63) is 40.3 Å². The Hall–Kier alpha value is -1.84. The minimum atomic E-state index is -0.425. The largest absolute Gasteiger partial charge is 0.466 e. The fourth-order valence-electron chi connectivity index (χ4n) is 0.759. The van der Waals surface area contributed by atoms with Crippen LogP contribution in [0.1, 0.15) is 5.56 Å². The molecule has 0 aliphatic heterocycles. The Kier molecular flexibility index (Phi) is 3.03. The summed E-state index contributed by atoms with van der Waals surface area (Å²) >= 11 is 0. The molecule has 13 heavy (non-hydrogen) atoms. The van der Waals surface area contributed by atoms with Gasteiger partial charge in [-0.15, -0.1) is 0 Å². The highest BCUT2D eigenvalue weighted by atomic mass is 16.5. The van der Waals surface area contributed by atoms with Gasteiger partial charge >= 0.3 is 5.97 Å². The summed E-state index contributed by atoms with van der Waals surface area (Å²) in [6, 6.07) is 3.00. The van der Waals surface area contributed by atoms with Crippen LogP contribution in [-0.4, -0.2) is 18.1 Å². The molecular formula is C9H9NO3. The molecule has 1 heterocycles. The highest BCUT2D eigenvalue weighted by Crippen LogP contribution is 1.96. The number of aromatic nitrogens is 1. The van der Waals surface area contributed by atoms with Gasteiger partial charge in [-0.25, -0.2) is 4.79 Å². The minimum absolute atomic E-state index is 0.171. The third-order valence-corrected chi connectivity index (χ3v) is 1.42. The number of pyridine rings is 1. The van der Waals surface area contributed by atoms with E-state index in [4.69, 9.17) is 0 Å². The van der Waals surface area contributed by atoms with Crippen LogP contribution in [0.15, 0.2) is 29.2 Å². The lowest BCUT2D eigenvalue weighted by Crippen LogP contribution is -2.01. The normalized spacial score (nSPS) is 10.2. The second-order valence-electron chi connectivity index (χ2n) is 2.34. The molecule has 0 atom stereocenters. The van der Waals surface area contributed by atoms with E-state index in [9.17, 15) is 9.59 Å². The van der Waals surface area contributed by atoms with Crippen molar-refractivity contribution in [3.8, 4) is 0 Å². The summed E-state index contributed by atoms with van der Waals surface area (Å²) in [4.78, 5) is 23.8. The van der Waals surface area contributed by atoms with Crippen LogP contribution in [0.5, 0.6) is 0 Å². The quantitative estimate of drug-likeness (QED) is 0.533. The first-order valence-electron chi connectivity index (χ1n) is 3.67. The fraction of sp³-hybridized carbons (Fsp3) is 0.111. The van der Waals surface area contributed by atoms with Crippen LogP contribution in [0.3, 0.4) is 0 Å². The van der Waals surface area contributed by atoms with Gasteiger partial charge in [-0.1, -0.05) is 0 Å². The molecule has 0 saturated carbocycles. The maximum absolute atomic E-state index is 10.7. The highest BCUT2D eigenvalue weighted by molar-refractivity contribution is 5.86. The van der Waals surface area contributed by atoms with Gasteiger partial charge in [-0.2, -0.15) is 0 Å². The molecule has 0 radical (unpaired) electrons. The van der Waals surface area contributed by atoms with E-state index in [2.05, 4.69) is 9.72 Å². The van der Waals surface area contributed by atoms with Gasteiger partial charge in [0.25, 0.3) is 0 Å². The van der Waals surface area contributed by atoms with Crippen LogP contribution >= 0.6 is 0 Å². The molecule has 0 saturated heterocycles. The van der Waals surface area contributed by atoms with Gasteiger partial charge in [-0.05, 0) is 17.7 Å². The average molecular weight is 179 g/mol. The van der Waals surface area contributed by atoms with Crippen molar-refractivity contribution in [2.24, 2.45) is 0 Å². The molecule has 0 spiro atoms. The lowest BCUT2D eigenvalue weighted by atomic mass is 10.2. The van der Waals surface area contributed by atoms with Crippen molar-refractivity contribution < 1.29 is 9.53 Å². The summed E-state index contributed by atoms with van der Waals surface area (Å²) in [6.07, 6.45) is 4.36. The Balaban J connectivity index is 2.75. The van der Waals surface area contributed by atoms with Gasteiger partial charge in [0.15, 0.2) is 0 Å². The predicted molar refractivity (Wildman–Crippen MR) is 48.1 cm³/mol. The molecule has 68 valence electrons. The maximum atomic E-state index is 10.7. The number of nitrogens with one attached hydrogen (secondary N) is 1.